The lowest BCUT2D eigenvalue weighted by Crippen LogP contribution is -2.27. The first kappa shape index (κ1) is 35.8. The zero-order chi connectivity index (χ0) is 35.4. The lowest BCUT2D eigenvalue weighted by Gasteiger charge is -2.41. The normalized spacial score (nSPS) is 18.5. The fourth-order valence-electron chi connectivity index (χ4n) is 6.66. The molecular weight excluding hydrogens is 595 g/mol. The van der Waals surface area contributed by atoms with Crippen LogP contribution in [0.1, 0.15) is 181 Å². The van der Waals surface area contributed by atoms with Crippen molar-refractivity contribution in [3.8, 4) is 17.2 Å². The van der Waals surface area contributed by atoms with E-state index in [4.69, 9.17) is 13.6 Å². The quantitative estimate of drug-likeness (QED) is 0.225. The van der Waals surface area contributed by atoms with Gasteiger partial charge < -0.3 is 13.6 Å². The summed E-state index contributed by atoms with van der Waals surface area (Å²) in [5.41, 5.74) is 10.5. The average molecular weight is 657 g/mol. The van der Waals surface area contributed by atoms with Crippen molar-refractivity contribution in [1.29, 1.82) is 0 Å². The molecule has 3 nitrogen and oxygen atoms in total. The third-order valence-electron chi connectivity index (χ3n) is 9.81. The Labute approximate surface area is 288 Å². The fourth-order valence-corrected chi connectivity index (χ4v) is 7.83. The molecule has 2 bridgehead atoms. The van der Waals surface area contributed by atoms with Crippen molar-refractivity contribution in [2.24, 2.45) is 0 Å². The van der Waals surface area contributed by atoms with Crippen molar-refractivity contribution in [3.05, 3.63) is 86.5 Å². The molecule has 3 aromatic rings. The van der Waals surface area contributed by atoms with Gasteiger partial charge in [0.1, 0.15) is 17.2 Å². The minimum atomic E-state index is -1.84. The van der Waals surface area contributed by atoms with Crippen LogP contribution in [0.3, 0.4) is 0 Å². The van der Waals surface area contributed by atoms with E-state index in [-0.39, 0.29) is 38.4 Å². The second-order valence-corrected chi connectivity index (χ2v) is 21.3. The van der Waals surface area contributed by atoms with Gasteiger partial charge in [0.2, 0.25) is 0 Å². The van der Waals surface area contributed by atoms with E-state index >= 15 is 0 Å². The highest BCUT2D eigenvalue weighted by Gasteiger charge is 2.44. The molecule has 3 heterocycles. The van der Waals surface area contributed by atoms with Crippen LogP contribution in [0.4, 0.5) is 0 Å². The first-order valence-electron chi connectivity index (χ1n) is 17.5. The van der Waals surface area contributed by atoms with Gasteiger partial charge in [-0.2, -0.15) is 0 Å². The maximum Gasteiger partial charge on any atom is 0.530 e. The first-order chi connectivity index (χ1) is 21.1. The Hall–Kier alpha value is -2.51. The van der Waals surface area contributed by atoms with Gasteiger partial charge in [0.05, 0.1) is 0 Å². The third-order valence-corrected chi connectivity index (χ3v) is 10.8. The van der Waals surface area contributed by atoms with Gasteiger partial charge >= 0.3 is 8.60 Å². The molecule has 0 saturated heterocycles. The van der Waals surface area contributed by atoms with Gasteiger partial charge in [-0.1, -0.05) is 161 Å². The summed E-state index contributed by atoms with van der Waals surface area (Å²) in [5.74, 6) is 2.57. The minimum absolute atomic E-state index is 0.0525. The fraction of sp³-hybridized carbons (Fsp3) is 0.581. The summed E-state index contributed by atoms with van der Waals surface area (Å²) in [6.07, 6.45) is 0. The highest BCUT2D eigenvalue weighted by molar-refractivity contribution is 7.43. The predicted octanol–water partition coefficient (Wildman–Crippen LogP) is 13.0. The molecule has 0 amide bonds. The van der Waals surface area contributed by atoms with E-state index in [0.29, 0.717) is 0 Å². The van der Waals surface area contributed by atoms with Crippen molar-refractivity contribution >= 4 is 8.60 Å². The van der Waals surface area contributed by atoms with E-state index < -0.39 is 8.60 Å². The Kier molecular flexibility index (Phi) is 8.38. The van der Waals surface area contributed by atoms with Gasteiger partial charge in [0.25, 0.3) is 0 Å². The summed E-state index contributed by atoms with van der Waals surface area (Å²) < 4.78 is 21.3. The van der Waals surface area contributed by atoms with E-state index in [0.717, 1.165) is 17.2 Å². The summed E-state index contributed by atoms with van der Waals surface area (Å²) >= 11 is 0. The van der Waals surface area contributed by atoms with Crippen molar-refractivity contribution in [3.63, 3.8) is 0 Å². The molecule has 3 aliphatic heterocycles. The molecule has 0 fully saturated rings. The van der Waals surface area contributed by atoms with Gasteiger partial charge in [0, 0.05) is 39.3 Å². The van der Waals surface area contributed by atoms with Gasteiger partial charge in [-0.3, -0.25) is 0 Å². The number of rotatable bonds is 0. The average Bonchev–Trinajstić information content (AvgIpc) is 2.83. The van der Waals surface area contributed by atoms with Crippen LogP contribution in [-0.4, -0.2) is 0 Å². The Morgan fingerprint density at radius 2 is 0.596 bits per heavy atom. The molecule has 0 aromatic heterocycles. The van der Waals surface area contributed by atoms with Crippen molar-refractivity contribution in [2.75, 3.05) is 0 Å². The molecule has 0 saturated carbocycles. The SMILES string of the molecule is CC(C)(C)c1cc2c(c(C(C)(C)C)c1)OP1Oc3c(cc(C(C)(C)C)cc3C(C)(C)C)C2c2cc(C(C)(C)C)cc(C(C)(C)C)c2O1. The van der Waals surface area contributed by atoms with Crippen molar-refractivity contribution in [1.82, 2.24) is 0 Å². The highest BCUT2D eigenvalue weighted by Crippen LogP contribution is 2.62. The zero-order valence-electron chi connectivity index (χ0n) is 32.7. The Morgan fingerprint density at radius 1 is 0.362 bits per heavy atom. The Morgan fingerprint density at radius 3 is 0.787 bits per heavy atom. The van der Waals surface area contributed by atoms with Gasteiger partial charge in [-0.25, -0.2) is 0 Å². The molecule has 0 radical (unpaired) electrons. The molecule has 3 aromatic carbocycles. The minimum Gasteiger partial charge on any atom is -0.408 e. The molecule has 0 N–H and O–H groups in total. The van der Waals surface area contributed by atoms with Gasteiger partial charge in [0.15, 0.2) is 0 Å². The van der Waals surface area contributed by atoms with E-state index in [2.05, 4.69) is 161 Å². The molecule has 4 heteroatoms. The van der Waals surface area contributed by atoms with Crippen LogP contribution in [-0.2, 0) is 32.5 Å². The summed E-state index contributed by atoms with van der Waals surface area (Å²) in [7, 11) is -1.84. The summed E-state index contributed by atoms with van der Waals surface area (Å²) in [6, 6.07) is 14.4. The summed E-state index contributed by atoms with van der Waals surface area (Å²) in [6.45, 7) is 41.4. The molecule has 0 unspecified atom stereocenters. The molecule has 6 rings (SSSR count). The number of hydrogen-bond acceptors (Lipinski definition) is 3. The lowest BCUT2D eigenvalue weighted by molar-refractivity contribution is 0.352. The largest absolute Gasteiger partial charge is 0.530 e. The smallest absolute Gasteiger partial charge is 0.408 e. The molecular formula is C43H61O3P. The second-order valence-electron chi connectivity index (χ2n) is 20.3. The molecule has 0 spiro atoms. The molecule has 47 heavy (non-hydrogen) atoms. The van der Waals surface area contributed by atoms with Crippen molar-refractivity contribution in [2.45, 2.75) is 163 Å². The molecule has 0 aliphatic carbocycles. The first-order valence-corrected chi connectivity index (χ1v) is 18.6. The van der Waals surface area contributed by atoms with Crippen LogP contribution in [0.5, 0.6) is 17.2 Å². The van der Waals surface area contributed by atoms with Crippen LogP contribution in [0.2, 0.25) is 0 Å². The monoisotopic (exact) mass is 656 g/mol. The van der Waals surface area contributed by atoms with Crippen molar-refractivity contribution < 1.29 is 13.6 Å². The van der Waals surface area contributed by atoms with Gasteiger partial charge in [-0.15, -0.1) is 0 Å². The lowest BCUT2D eigenvalue weighted by atomic mass is 9.70. The van der Waals surface area contributed by atoms with Crippen LogP contribution in [0, 0.1) is 0 Å². The van der Waals surface area contributed by atoms with E-state index in [1.807, 2.05) is 0 Å². The standard InChI is InChI=1S/C43H61O3P/c1-38(2,3)25-19-28-34-29-20-26(39(4,5)6)23-32(42(13,14)15)36(29)45-47(44-35(28)31(22-25)41(10,11)12)46-37-30(34)21-27(40(7,8)9)24-33(37)43(16,17)18/h19-24,34H,1-18H3. The number of hydrogen-bond donors (Lipinski definition) is 0. The maximum absolute atomic E-state index is 7.10. The van der Waals surface area contributed by atoms with Crippen LogP contribution >= 0.6 is 8.60 Å². The highest BCUT2D eigenvalue weighted by atomic mass is 31.2. The summed E-state index contributed by atoms with van der Waals surface area (Å²) in [4.78, 5) is 0. The molecule has 3 aliphatic rings. The number of benzene rings is 3. The van der Waals surface area contributed by atoms with E-state index in [9.17, 15) is 0 Å². The molecule has 0 atom stereocenters. The van der Waals surface area contributed by atoms with Crippen LogP contribution in [0.25, 0.3) is 0 Å². The third kappa shape index (κ3) is 6.73. The predicted molar refractivity (Wildman–Crippen MR) is 201 cm³/mol. The Bertz CT molecular complexity index is 1500. The molecule has 256 valence electrons. The summed E-state index contributed by atoms with van der Waals surface area (Å²) in [5, 5.41) is 0. The van der Waals surface area contributed by atoms with Crippen LogP contribution < -0.4 is 13.6 Å². The topological polar surface area (TPSA) is 27.7 Å². The van der Waals surface area contributed by atoms with E-state index in [1.165, 1.54) is 50.1 Å². The zero-order valence-corrected chi connectivity index (χ0v) is 33.6. The second kappa shape index (κ2) is 11.0. The maximum atomic E-state index is 7.10. The van der Waals surface area contributed by atoms with Gasteiger partial charge in [-0.05, 0) is 49.2 Å². The Balaban J connectivity index is 2.09. The van der Waals surface area contributed by atoms with E-state index in [1.54, 1.807) is 0 Å². The van der Waals surface area contributed by atoms with Crippen LogP contribution in [0.15, 0.2) is 36.4 Å².